The number of amides is 3. The van der Waals surface area contributed by atoms with E-state index >= 15 is 0 Å². The molecule has 0 radical (unpaired) electrons. The van der Waals surface area contributed by atoms with Gasteiger partial charge in [0.25, 0.3) is 0 Å². The lowest BCUT2D eigenvalue weighted by atomic mass is 10.2. The smallest absolute Gasteiger partial charge is 0.323 e. The predicted octanol–water partition coefficient (Wildman–Crippen LogP) is 4.76. The largest absolute Gasteiger partial charge is 0.490 e. The van der Waals surface area contributed by atoms with Crippen molar-refractivity contribution >= 4 is 29.0 Å². The van der Waals surface area contributed by atoms with E-state index in [0.717, 1.165) is 55.2 Å². The van der Waals surface area contributed by atoms with Crippen LogP contribution >= 0.6 is 0 Å². The van der Waals surface area contributed by atoms with Crippen LogP contribution in [0.25, 0.3) is 0 Å². The third kappa shape index (κ3) is 5.93. The molecule has 1 aliphatic carbocycles. The number of hydrogen-bond acceptors (Lipinski definition) is 4. The Morgan fingerprint density at radius 2 is 1.56 bits per heavy atom. The summed E-state index contributed by atoms with van der Waals surface area (Å²) in [6, 6.07) is 15.2. The number of benzene rings is 2. The Morgan fingerprint density at radius 1 is 0.938 bits per heavy atom. The number of carbonyl (C=O) groups is 2. The van der Waals surface area contributed by atoms with Crippen LogP contribution in [0.15, 0.2) is 48.5 Å². The minimum Gasteiger partial charge on any atom is -0.490 e. The van der Waals surface area contributed by atoms with Gasteiger partial charge in [0.1, 0.15) is 5.75 Å². The van der Waals surface area contributed by atoms with E-state index in [1.54, 1.807) is 0 Å². The van der Waals surface area contributed by atoms with Crippen LogP contribution < -0.4 is 25.6 Å². The van der Waals surface area contributed by atoms with Gasteiger partial charge in [0.15, 0.2) is 0 Å². The summed E-state index contributed by atoms with van der Waals surface area (Å²) in [4.78, 5) is 26.2. The van der Waals surface area contributed by atoms with Crippen LogP contribution in [0.3, 0.4) is 0 Å². The molecule has 1 aliphatic heterocycles. The lowest BCUT2D eigenvalue weighted by molar-refractivity contribution is -0.121. The molecular weight excluding hydrogens is 404 g/mol. The van der Waals surface area contributed by atoms with Crippen LogP contribution in [0.4, 0.5) is 21.9 Å². The molecule has 1 heterocycles. The highest BCUT2D eigenvalue weighted by atomic mass is 16.5. The Kier molecular flexibility index (Phi) is 7.14. The number of hydrogen-bond donors (Lipinski definition) is 3. The Bertz CT molecular complexity index is 908. The van der Waals surface area contributed by atoms with E-state index in [4.69, 9.17) is 4.74 Å². The van der Waals surface area contributed by atoms with Crippen LogP contribution in [0.5, 0.6) is 5.75 Å². The van der Waals surface area contributed by atoms with Gasteiger partial charge in [0, 0.05) is 42.6 Å². The van der Waals surface area contributed by atoms with Gasteiger partial charge in [0.2, 0.25) is 5.91 Å². The third-order valence-electron chi connectivity index (χ3n) is 6.08. The summed E-state index contributed by atoms with van der Waals surface area (Å²) in [5, 5.41) is 8.78. The summed E-state index contributed by atoms with van der Waals surface area (Å²) in [6.45, 7) is 3.58. The molecule has 7 heteroatoms. The van der Waals surface area contributed by atoms with Gasteiger partial charge < -0.3 is 25.6 Å². The highest BCUT2D eigenvalue weighted by molar-refractivity contribution is 5.99. The number of carbonyl (C=O) groups excluding carboxylic acids is 2. The van der Waals surface area contributed by atoms with Gasteiger partial charge >= 0.3 is 6.03 Å². The van der Waals surface area contributed by atoms with Crippen molar-refractivity contribution < 1.29 is 14.3 Å². The topological polar surface area (TPSA) is 82.7 Å². The van der Waals surface area contributed by atoms with Crippen LogP contribution in [0.1, 0.15) is 45.4 Å². The van der Waals surface area contributed by atoms with Crippen molar-refractivity contribution in [3.05, 3.63) is 48.5 Å². The van der Waals surface area contributed by atoms with Gasteiger partial charge in [-0.3, -0.25) is 4.79 Å². The highest BCUT2D eigenvalue weighted by Crippen LogP contribution is 2.25. The maximum absolute atomic E-state index is 12.4. The SMILES string of the molecule is CCC(=O)NC1CCN(c2ccc(NC(=O)Nc3ccc(OC4CCCC4)cc3)cc2)C1. The van der Waals surface area contributed by atoms with E-state index in [2.05, 4.69) is 20.9 Å². The van der Waals surface area contributed by atoms with Crippen molar-refractivity contribution in [3.63, 3.8) is 0 Å². The van der Waals surface area contributed by atoms with Crippen molar-refractivity contribution in [3.8, 4) is 5.75 Å². The zero-order valence-electron chi connectivity index (χ0n) is 18.6. The number of ether oxygens (including phenoxy) is 1. The summed E-state index contributed by atoms with van der Waals surface area (Å²) >= 11 is 0. The monoisotopic (exact) mass is 436 g/mol. The van der Waals surface area contributed by atoms with Crippen LogP contribution in [0, 0.1) is 0 Å². The average molecular weight is 437 g/mol. The van der Waals surface area contributed by atoms with Crippen LogP contribution in [0.2, 0.25) is 0 Å². The van der Waals surface area contributed by atoms with Crippen molar-refractivity contribution in [2.75, 3.05) is 28.6 Å². The maximum Gasteiger partial charge on any atom is 0.323 e. The minimum absolute atomic E-state index is 0.0957. The highest BCUT2D eigenvalue weighted by Gasteiger charge is 2.23. The molecule has 0 spiro atoms. The summed E-state index contributed by atoms with van der Waals surface area (Å²) in [5.41, 5.74) is 2.53. The molecule has 170 valence electrons. The zero-order chi connectivity index (χ0) is 22.3. The van der Waals surface area contributed by atoms with Crippen LogP contribution in [-0.2, 0) is 4.79 Å². The second-order valence-electron chi connectivity index (χ2n) is 8.53. The maximum atomic E-state index is 12.4. The molecule has 0 aromatic heterocycles. The van der Waals surface area contributed by atoms with E-state index in [1.807, 2.05) is 55.5 Å². The van der Waals surface area contributed by atoms with Gasteiger partial charge in [-0.05, 0) is 80.6 Å². The van der Waals surface area contributed by atoms with E-state index in [9.17, 15) is 9.59 Å². The molecule has 3 amide bonds. The van der Waals surface area contributed by atoms with E-state index in [-0.39, 0.29) is 18.0 Å². The van der Waals surface area contributed by atoms with Gasteiger partial charge in [-0.1, -0.05) is 6.92 Å². The second kappa shape index (κ2) is 10.4. The number of nitrogens with one attached hydrogen (secondary N) is 3. The molecule has 4 rings (SSSR count). The zero-order valence-corrected chi connectivity index (χ0v) is 18.6. The molecule has 32 heavy (non-hydrogen) atoms. The summed E-state index contributed by atoms with van der Waals surface area (Å²) in [5.74, 6) is 0.940. The van der Waals surface area contributed by atoms with Gasteiger partial charge in [0.05, 0.1) is 6.10 Å². The molecule has 2 aromatic rings. The fourth-order valence-electron chi connectivity index (χ4n) is 4.31. The lowest BCUT2D eigenvalue weighted by Crippen LogP contribution is -2.36. The Labute approximate surface area is 189 Å². The Morgan fingerprint density at radius 3 is 2.19 bits per heavy atom. The third-order valence-corrected chi connectivity index (χ3v) is 6.08. The molecule has 1 saturated carbocycles. The normalized spacial score (nSPS) is 18.4. The fraction of sp³-hybridized carbons (Fsp3) is 0.440. The number of urea groups is 1. The van der Waals surface area contributed by atoms with Crippen molar-refractivity contribution in [2.45, 2.75) is 57.6 Å². The fourth-order valence-corrected chi connectivity index (χ4v) is 4.31. The van der Waals surface area contributed by atoms with Crippen molar-refractivity contribution in [1.29, 1.82) is 0 Å². The first kappa shape index (κ1) is 22.0. The molecule has 1 saturated heterocycles. The minimum atomic E-state index is -0.286. The molecular formula is C25H32N4O3. The van der Waals surface area contributed by atoms with Crippen LogP contribution in [-0.4, -0.2) is 37.2 Å². The first-order valence-corrected chi connectivity index (χ1v) is 11.6. The van der Waals surface area contributed by atoms with Crippen molar-refractivity contribution in [1.82, 2.24) is 5.32 Å². The molecule has 2 fully saturated rings. The molecule has 2 aliphatic rings. The van der Waals surface area contributed by atoms with Gasteiger partial charge in [-0.15, -0.1) is 0 Å². The number of anilines is 3. The van der Waals surface area contributed by atoms with E-state index < -0.39 is 0 Å². The second-order valence-corrected chi connectivity index (χ2v) is 8.53. The summed E-state index contributed by atoms with van der Waals surface area (Å²) in [7, 11) is 0. The quantitative estimate of drug-likeness (QED) is 0.585. The average Bonchev–Trinajstić information content (AvgIpc) is 3.48. The first-order chi connectivity index (χ1) is 15.6. The molecule has 7 nitrogen and oxygen atoms in total. The van der Waals surface area contributed by atoms with E-state index in [0.29, 0.717) is 12.5 Å². The molecule has 1 unspecified atom stereocenters. The van der Waals surface area contributed by atoms with Crippen molar-refractivity contribution in [2.24, 2.45) is 0 Å². The number of nitrogens with zero attached hydrogens (tertiary/aromatic N) is 1. The van der Waals surface area contributed by atoms with E-state index in [1.165, 1.54) is 12.8 Å². The molecule has 0 bridgehead atoms. The number of rotatable bonds is 7. The molecule has 3 N–H and O–H groups in total. The molecule has 2 aromatic carbocycles. The lowest BCUT2D eigenvalue weighted by Gasteiger charge is -2.19. The standard InChI is InChI=1S/C25H32N4O3/c1-2-24(30)26-20-15-16-29(17-20)21-11-7-18(8-12-21)27-25(31)28-19-9-13-23(14-10-19)32-22-5-3-4-6-22/h7-14,20,22H,2-6,15-17H2,1H3,(H,26,30)(H2,27,28,31). The Balaban J connectivity index is 1.24. The Hall–Kier alpha value is -3.22. The van der Waals surface area contributed by atoms with Gasteiger partial charge in [-0.25, -0.2) is 4.79 Å². The summed E-state index contributed by atoms with van der Waals surface area (Å²) in [6.07, 6.45) is 6.49. The first-order valence-electron chi connectivity index (χ1n) is 11.6. The summed E-state index contributed by atoms with van der Waals surface area (Å²) < 4.78 is 5.96. The molecule has 1 atom stereocenters. The van der Waals surface area contributed by atoms with Gasteiger partial charge in [-0.2, -0.15) is 0 Å². The predicted molar refractivity (Wildman–Crippen MR) is 127 cm³/mol.